The first kappa shape index (κ1) is 17.4. The fraction of sp³-hybridized carbons (Fsp3) is 0.150. The van der Waals surface area contributed by atoms with E-state index in [-0.39, 0.29) is 17.1 Å². The number of hydrogen-bond acceptors (Lipinski definition) is 6. The second-order valence-corrected chi connectivity index (χ2v) is 7.07. The molecule has 2 heterocycles. The molecule has 0 saturated carbocycles. The van der Waals surface area contributed by atoms with E-state index in [0.29, 0.717) is 17.3 Å². The molecule has 0 unspecified atom stereocenters. The van der Waals surface area contributed by atoms with Crippen LogP contribution < -0.4 is 15.2 Å². The maximum atomic E-state index is 13.1. The molecule has 0 atom stereocenters. The lowest BCUT2D eigenvalue weighted by molar-refractivity contribution is 0.0726. The Bertz CT molecular complexity index is 1040. The molecule has 2 aromatic carbocycles. The molecule has 0 bridgehead atoms. The van der Waals surface area contributed by atoms with Gasteiger partial charge in [0.2, 0.25) is 0 Å². The Labute approximate surface area is 160 Å². The van der Waals surface area contributed by atoms with Crippen LogP contribution in [0.3, 0.4) is 0 Å². The molecule has 0 radical (unpaired) electrons. The maximum absolute atomic E-state index is 13.1. The highest BCUT2D eigenvalue weighted by Gasteiger charge is 2.26. The Morgan fingerprint density at radius 1 is 1.11 bits per heavy atom. The molecule has 0 saturated heterocycles. The lowest BCUT2D eigenvalue weighted by Crippen LogP contribution is -2.29. The van der Waals surface area contributed by atoms with E-state index in [2.05, 4.69) is 4.98 Å². The predicted octanol–water partition coefficient (Wildman–Crippen LogP) is 3.34. The molecule has 136 valence electrons. The zero-order chi connectivity index (χ0) is 18.8. The van der Waals surface area contributed by atoms with Gasteiger partial charge in [-0.2, -0.15) is 4.98 Å². The van der Waals surface area contributed by atoms with Crippen LogP contribution in [0.2, 0.25) is 0 Å². The number of rotatable bonds is 4. The fourth-order valence-electron chi connectivity index (χ4n) is 2.90. The Morgan fingerprint density at radius 2 is 1.78 bits per heavy atom. The molecular weight excluding hydrogens is 362 g/mol. The average molecular weight is 379 g/mol. The maximum Gasteiger partial charge on any atom is 0.344 e. The van der Waals surface area contributed by atoms with E-state index in [4.69, 9.17) is 4.74 Å². The second-order valence-electron chi connectivity index (χ2n) is 6.00. The summed E-state index contributed by atoms with van der Waals surface area (Å²) in [6.07, 6.45) is 0. The van der Waals surface area contributed by atoms with Gasteiger partial charge in [-0.05, 0) is 24.3 Å². The summed E-state index contributed by atoms with van der Waals surface area (Å²) in [5, 5.41) is 0.570. The first-order valence-electron chi connectivity index (χ1n) is 8.49. The molecule has 1 aliphatic rings. The summed E-state index contributed by atoms with van der Waals surface area (Å²) >= 11 is 1.48. The molecule has 0 fully saturated rings. The van der Waals surface area contributed by atoms with Crippen molar-refractivity contribution in [3.05, 3.63) is 76.6 Å². The van der Waals surface area contributed by atoms with Gasteiger partial charge in [-0.15, -0.1) is 0 Å². The zero-order valence-corrected chi connectivity index (χ0v) is 15.5. The van der Waals surface area contributed by atoms with E-state index >= 15 is 0 Å². The van der Waals surface area contributed by atoms with Gasteiger partial charge in [0.05, 0.1) is 5.56 Å². The van der Waals surface area contributed by atoms with E-state index in [1.165, 1.54) is 11.8 Å². The minimum atomic E-state index is -0.543. The summed E-state index contributed by atoms with van der Waals surface area (Å²) in [4.78, 5) is 31.8. The van der Waals surface area contributed by atoms with Crippen LogP contribution >= 0.6 is 11.8 Å². The van der Waals surface area contributed by atoms with Gasteiger partial charge in [0.25, 0.3) is 11.4 Å². The van der Waals surface area contributed by atoms with Gasteiger partial charge < -0.3 is 9.64 Å². The van der Waals surface area contributed by atoms with E-state index in [9.17, 15) is 9.59 Å². The summed E-state index contributed by atoms with van der Waals surface area (Å²) in [5.74, 6) is 0.256. The number of carbonyl (C=O) groups is 1. The van der Waals surface area contributed by atoms with Crippen LogP contribution in [0.5, 0.6) is 5.88 Å². The number of nitrogens with zero attached hydrogens (tertiary/aromatic N) is 3. The molecular formula is C20H17N3O3S. The SMILES string of the molecule is CN(c1ccccc1)c1c(OC(=O)c2ccccc2)nc2n(c1=O)CCS2. The number of anilines is 2. The first-order chi connectivity index (χ1) is 13.1. The van der Waals surface area contributed by atoms with Crippen LogP contribution in [0.1, 0.15) is 10.4 Å². The highest BCUT2D eigenvalue weighted by Crippen LogP contribution is 2.32. The third-order valence-electron chi connectivity index (χ3n) is 4.30. The van der Waals surface area contributed by atoms with Crippen molar-refractivity contribution in [1.82, 2.24) is 9.55 Å². The summed E-state index contributed by atoms with van der Waals surface area (Å²) in [7, 11) is 1.77. The van der Waals surface area contributed by atoms with Gasteiger partial charge in [-0.1, -0.05) is 48.2 Å². The van der Waals surface area contributed by atoms with Crippen LogP contribution in [-0.4, -0.2) is 28.3 Å². The van der Waals surface area contributed by atoms with Crippen molar-refractivity contribution in [3.8, 4) is 5.88 Å². The van der Waals surface area contributed by atoms with Crippen LogP contribution in [-0.2, 0) is 6.54 Å². The summed E-state index contributed by atoms with van der Waals surface area (Å²) in [6, 6.07) is 18.1. The molecule has 3 aromatic rings. The second kappa shape index (κ2) is 7.28. The van der Waals surface area contributed by atoms with Gasteiger partial charge in [-0.25, -0.2) is 4.79 Å². The van der Waals surface area contributed by atoms with Crippen molar-refractivity contribution in [3.63, 3.8) is 0 Å². The molecule has 6 nitrogen and oxygen atoms in total. The number of esters is 1. The highest BCUT2D eigenvalue weighted by atomic mass is 32.2. The number of aromatic nitrogens is 2. The van der Waals surface area contributed by atoms with Gasteiger partial charge >= 0.3 is 5.97 Å². The van der Waals surface area contributed by atoms with Crippen molar-refractivity contribution >= 4 is 29.1 Å². The number of hydrogen-bond donors (Lipinski definition) is 0. The van der Waals surface area contributed by atoms with Gasteiger partial charge in [0.15, 0.2) is 10.8 Å². The quantitative estimate of drug-likeness (QED) is 0.512. The molecule has 1 aromatic heterocycles. The van der Waals surface area contributed by atoms with Crippen LogP contribution in [0.25, 0.3) is 0 Å². The Hall–Kier alpha value is -3.06. The summed E-state index contributed by atoms with van der Waals surface area (Å²) in [6.45, 7) is 0.592. The molecule has 27 heavy (non-hydrogen) atoms. The summed E-state index contributed by atoms with van der Waals surface area (Å²) < 4.78 is 7.19. The minimum Gasteiger partial charge on any atom is -0.401 e. The fourth-order valence-corrected chi connectivity index (χ4v) is 3.84. The van der Waals surface area contributed by atoms with Crippen molar-refractivity contribution in [2.75, 3.05) is 17.7 Å². The Kier molecular flexibility index (Phi) is 4.68. The third-order valence-corrected chi connectivity index (χ3v) is 5.26. The van der Waals surface area contributed by atoms with Crippen LogP contribution in [0.15, 0.2) is 70.6 Å². The number of carbonyl (C=O) groups excluding carboxylic acids is 1. The molecule has 4 rings (SSSR count). The Balaban J connectivity index is 1.79. The number of para-hydroxylation sites is 1. The van der Waals surface area contributed by atoms with Gasteiger partial charge in [-0.3, -0.25) is 9.36 Å². The topological polar surface area (TPSA) is 64.4 Å². The lowest BCUT2D eigenvalue weighted by Gasteiger charge is -2.21. The average Bonchev–Trinajstić information content (AvgIpc) is 3.18. The predicted molar refractivity (Wildman–Crippen MR) is 105 cm³/mol. The zero-order valence-electron chi connectivity index (χ0n) is 14.7. The van der Waals surface area contributed by atoms with Crippen molar-refractivity contribution in [2.45, 2.75) is 11.7 Å². The smallest absolute Gasteiger partial charge is 0.344 e. The number of thioether (sulfide) groups is 1. The summed E-state index contributed by atoms with van der Waals surface area (Å²) in [5.41, 5.74) is 1.24. The van der Waals surface area contributed by atoms with Gasteiger partial charge in [0.1, 0.15) is 0 Å². The van der Waals surface area contributed by atoms with Crippen LogP contribution in [0.4, 0.5) is 11.4 Å². The van der Waals surface area contributed by atoms with E-state index < -0.39 is 5.97 Å². The monoisotopic (exact) mass is 379 g/mol. The normalized spacial score (nSPS) is 12.5. The molecule has 7 heteroatoms. The minimum absolute atomic E-state index is 0.0286. The number of ether oxygens (including phenoxy) is 1. The van der Waals surface area contributed by atoms with E-state index in [0.717, 1.165) is 11.4 Å². The molecule has 0 spiro atoms. The highest BCUT2D eigenvalue weighted by molar-refractivity contribution is 7.99. The Morgan fingerprint density at radius 3 is 2.48 bits per heavy atom. The molecule has 0 aliphatic carbocycles. The lowest BCUT2D eigenvalue weighted by atomic mass is 10.2. The molecule has 1 aliphatic heterocycles. The standard InChI is InChI=1S/C20H17N3O3S/c1-22(15-10-6-3-7-11-15)16-17(21-20-23(18(16)24)12-13-27-20)26-19(25)14-8-4-2-5-9-14/h2-11H,12-13H2,1H3. The number of benzene rings is 2. The largest absolute Gasteiger partial charge is 0.401 e. The van der Waals surface area contributed by atoms with Crippen molar-refractivity contribution in [1.29, 1.82) is 0 Å². The first-order valence-corrected chi connectivity index (χ1v) is 9.47. The molecule has 0 amide bonds. The van der Waals surface area contributed by atoms with Crippen molar-refractivity contribution < 1.29 is 9.53 Å². The van der Waals surface area contributed by atoms with Crippen molar-refractivity contribution in [2.24, 2.45) is 0 Å². The number of fused-ring (bicyclic) bond motifs is 1. The van der Waals surface area contributed by atoms with E-state index in [1.807, 2.05) is 36.4 Å². The van der Waals surface area contributed by atoms with E-state index in [1.54, 1.807) is 40.8 Å². The van der Waals surface area contributed by atoms with Gasteiger partial charge in [0, 0.05) is 25.0 Å². The molecule has 0 N–H and O–H groups in total. The third kappa shape index (κ3) is 3.33. The van der Waals surface area contributed by atoms with Crippen LogP contribution in [0, 0.1) is 0 Å².